The van der Waals surface area contributed by atoms with Crippen LogP contribution in [0.25, 0.3) is 0 Å². The Morgan fingerprint density at radius 1 is 1.33 bits per heavy atom. The minimum Gasteiger partial charge on any atom is -0.381 e. The van der Waals surface area contributed by atoms with Crippen molar-refractivity contribution in [1.82, 2.24) is 5.32 Å². The Bertz CT molecular complexity index is 514. The lowest BCUT2D eigenvalue weighted by Crippen LogP contribution is -2.25. The number of anilines is 1. The molecule has 2 rings (SSSR count). The standard InChI is InChI=1S/C16H22N2O3/c1-2-3-8-21-9-4-7-17-16(20)12-5-6-14-13(10-12)11-15(19)18-14/h5-6,10H,2-4,7-9,11H2,1H3,(H,17,20)(H,18,19). The summed E-state index contributed by atoms with van der Waals surface area (Å²) in [6, 6.07) is 5.29. The molecule has 2 amide bonds. The number of benzene rings is 1. The van der Waals surface area contributed by atoms with Crippen molar-refractivity contribution in [2.24, 2.45) is 0 Å². The van der Waals surface area contributed by atoms with Gasteiger partial charge in [-0.1, -0.05) is 13.3 Å². The average Bonchev–Trinajstić information content (AvgIpc) is 2.85. The van der Waals surface area contributed by atoms with Crippen molar-refractivity contribution < 1.29 is 14.3 Å². The lowest BCUT2D eigenvalue weighted by atomic mass is 10.1. The van der Waals surface area contributed by atoms with Gasteiger partial charge in [-0.05, 0) is 36.6 Å². The summed E-state index contributed by atoms with van der Waals surface area (Å²) in [6.07, 6.45) is 3.36. The Morgan fingerprint density at radius 2 is 2.14 bits per heavy atom. The summed E-state index contributed by atoms with van der Waals surface area (Å²) >= 11 is 0. The first-order valence-corrected chi connectivity index (χ1v) is 7.49. The van der Waals surface area contributed by atoms with Gasteiger partial charge in [0.15, 0.2) is 0 Å². The van der Waals surface area contributed by atoms with Crippen LogP contribution in [0, 0.1) is 0 Å². The summed E-state index contributed by atoms with van der Waals surface area (Å²) in [5, 5.41) is 5.62. The number of carbonyl (C=O) groups is 2. The molecule has 0 fully saturated rings. The third-order valence-corrected chi connectivity index (χ3v) is 3.39. The number of nitrogens with one attached hydrogen (secondary N) is 2. The number of hydrogen-bond donors (Lipinski definition) is 2. The number of unbranched alkanes of at least 4 members (excludes halogenated alkanes) is 1. The van der Waals surface area contributed by atoms with Crippen LogP contribution in [0.4, 0.5) is 5.69 Å². The van der Waals surface area contributed by atoms with Gasteiger partial charge in [-0.15, -0.1) is 0 Å². The maximum Gasteiger partial charge on any atom is 0.251 e. The summed E-state index contributed by atoms with van der Waals surface area (Å²) in [6.45, 7) is 4.18. The monoisotopic (exact) mass is 290 g/mol. The van der Waals surface area contributed by atoms with Crippen LogP contribution in [0.2, 0.25) is 0 Å². The molecule has 1 aliphatic heterocycles. The van der Waals surface area contributed by atoms with Crippen molar-refractivity contribution in [2.45, 2.75) is 32.6 Å². The van der Waals surface area contributed by atoms with Crippen LogP contribution in [0.3, 0.4) is 0 Å². The van der Waals surface area contributed by atoms with E-state index in [0.29, 0.717) is 25.1 Å². The van der Waals surface area contributed by atoms with Crippen molar-refractivity contribution in [3.05, 3.63) is 29.3 Å². The molecule has 1 heterocycles. The maximum absolute atomic E-state index is 12.0. The van der Waals surface area contributed by atoms with Crippen LogP contribution in [-0.4, -0.2) is 31.6 Å². The van der Waals surface area contributed by atoms with E-state index in [4.69, 9.17) is 4.74 Å². The Hall–Kier alpha value is -1.88. The van der Waals surface area contributed by atoms with E-state index < -0.39 is 0 Å². The van der Waals surface area contributed by atoms with Gasteiger partial charge in [0.25, 0.3) is 5.91 Å². The van der Waals surface area contributed by atoms with E-state index in [2.05, 4.69) is 17.6 Å². The number of hydrogen-bond acceptors (Lipinski definition) is 3. The number of fused-ring (bicyclic) bond motifs is 1. The van der Waals surface area contributed by atoms with Gasteiger partial charge in [0.1, 0.15) is 0 Å². The first kappa shape index (κ1) is 15.5. The maximum atomic E-state index is 12.0. The molecule has 0 atom stereocenters. The molecular formula is C16H22N2O3. The highest BCUT2D eigenvalue weighted by molar-refractivity contribution is 6.01. The van der Waals surface area contributed by atoms with Crippen molar-refractivity contribution in [2.75, 3.05) is 25.1 Å². The lowest BCUT2D eigenvalue weighted by Gasteiger charge is -2.07. The highest BCUT2D eigenvalue weighted by Gasteiger charge is 2.18. The fourth-order valence-electron chi connectivity index (χ4n) is 2.20. The Kier molecular flexibility index (Phi) is 5.75. The first-order valence-electron chi connectivity index (χ1n) is 7.49. The zero-order valence-corrected chi connectivity index (χ0v) is 12.4. The molecule has 5 heteroatoms. The highest BCUT2D eigenvalue weighted by atomic mass is 16.5. The van der Waals surface area contributed by atoms with E-state index in [9.17, 15) is 9.59 Å². The number of carbonyl (C=O) groups excluding carboxylic acids is 2. The van der Waals surface area contributed by atoms with Crippen molar-refractivity contribution in [3.63, 3.8) is 0 Å². The average molecular weight is 290 g/mol. The minimum absolute atomic E-state index is 0.0215. The molecule has 0 radical (unpaired) electrons. The van der Waals surface area contributed by atoms with Crippen LogP contribution >= 0.6 is 0 Å². The first-order chi connectivity index (χ1) is 10.2. The van der Waals surface area contributed by atoms with Gasteiger partial charge >= 0.3 is 0 Å². The van der Waals surface area contributed by atoms with Crippen LogP contribution < -0.4 is 10.6 Å². The highest BCUT2D eigenvalue weighted by Crippen LogP contribution is 2.23. The summed E-state index contributed by atoms with van der Waals surface area (Å²) in [5.74, 6) is -0.127. The largest absolute Gasteiger partial charge is 0.381 e. The third-order valence-electron chi connectivity index (χ3n) is 3.39. The van der Waals surface area contributed by atoms with Crippen LogP contribution in [0.5, 0.6) is 0 Å². The predicted octanol–water partition coefficient (Wildman–Crippen LogP) is 2.12. The summed E-state index contributed by atoms with van der Waals surface area (Å²) in [5.41, 5.74) is 2.29. The molecule has 1 aliphatic rings. The quantitative estimate of drug-likeness (QED) is 0.721. The molecular weight excluding hydrogens is 268 g/mol. The molecule has 0 saturated carbocycles. The second-order valence-electron chi connectivity index (χ2n) is 5.17. The van der Waals surface area contributed by atoms with Crippen LogP contribution in [0.15, 0.2) is 18.2 Å². The second kappa shape index (κ2) is 7.78. The molecule has 21 heavy (non-hydrogen) atoms. The Morgan fingerprint density at radius 3 is 2.95 bits per heavy atom. The zero-order valence-electron chi connectivity index (χ0n) is 12.4. The molecule has 114 valence electrons. The van der Waals surface area contributed by atoms with Gasteiger partial charge in [0, 0.05) is 31.0 Å². The SMILES string of the molecule is CCCCOCCCNC(=O)c1ccc2c(c1)CC(=O)N2. The molecule has 1 aromatic rings. The summed E-state index contributed by atoms with van der Waals surface area (Å²) in [4.78, 5) is 23.3. The summed E-state index contributed by atoms with van der Waals surface area (Å²) < 4.78 is 5.44. The van der Waals surface area contributed by atoms with Crippen LogP contribution in [-0.2, 0) is 16.0 Å². The van der Waals surface area contributed by atoms with Crippen molar-refractivity contribution in [1.29, 1.82) is 0 Å². The van der Waals surface area contributed by atoms with Gasteiger partial charge in [0.2, 0.25) is 5.91 Å². The van der Waals surface area contributed by atoms with E-state index in [0.717, 1.165) is 37.1 Å². The zero-order chi connectivity index (χ0) is 15.1. The number of rotatable bonds is 8. The van der Waals surface area contributed by atoms with E-state index >= 15 is 0 Å². The molecule has 0 aliphatic carbocycles. The van der Waals surface area contributed by atoms with E-state index in [1.807, 2.05) is 0 Å². The van der Waals surface area contributed by atoms with Gasteiger partial charge in [-0.25, -0.2) is 0 Å². The smallest absolute Gasteiger partial charge is 0.251 e. The van der Waals surface area contributed by atoms with Gasteiger partial charge in [0.05, 0.1) is 6.42 Å². The van der Waals surface area contributed by atoms with Crippen molar-refractivity contribution >= 4 is 17.5 Å². The predicted molar refractivity (Wildman–Crippen MR) is 81.5 cm³/mol. The second-order valence-corrected chi connectivity index (χ2v) is 5.17. The van der Waals surface area contributed by atoms with E-state index in [-0.39, 0.29) is 11.8 Å². The molecule has 0 bridgehead atoms. The van der Waals surface area contributed by atoms with Gasteiger partial charge in [-0.2, -0.15) is 0 Å². The minimum atomic E-state index is -0.106. The van der Waals surface area contributed by atoms with Crippen molar-refractivity contribution in [3.8, 4) is 0 Å². The van der Waals surface area contributed by atoms with Gasteiger partial charge in [-0.3, -0.25) is 9.59 Å². The Balaban J connectivity index is 1.72. The van der Waals surface area contributed by atoms with Gasteiger partial charge < -0.3 is 15.4 Å². The molecule has 0 saturated heterocycles. The number of amides is 2. The number of ether oxygens (including phenoxy) is 1. The fraction of sp³-hybridized carbons (Fsp3) is 0.500. The topological polar surface area (TPSA) is 67.4 Å². The lowest BCUT2D eigenvalue weighted by molar-refractivity contribution is -0.115. The van der Waals surface area contributed by atoms with E-state index in [1.54, 1.807) is 18.2 Å². The fourth-order valence-corrected chi connectivity index (χ4v) is 2.20. The molecule has 5 nitrogen and oxygen atoms in total. The summed E-state index contributed by atoms with van der Waals surface area (Å²) in [7, 11) is 0. The molecule has 1 aromatic carbocycles. The Labute approximate surface area is 125 Å². The molecule has 0 spiro atoms. The van der Waals surface area contributed by atoms with E-state index in [1.165, 1.54) is 0 Å². The van der Waals surface area contributed by atoms with Crippen LogP contribution in [0.1, 0.15) is 42.1 Å². The third kappa shape index (κ3) is 4.56. The molecule has 0 unspecified atom stereocenters. The molecule has 2 N–H and O–H groups in total. The molecule has 0 aromatic heterocycles. The normalized spacial score (nSPS) is 12.9.